The molecule has 0 bridgehead atoms. The number of nitrogens with two attached hydrogens (primary N) is 1. The topological polar surface area (TPSA) is 92.5 Å². The molecule has 1 aliphatic rings. The van der Waals surface area contributed by atoms with Crippen molar-refractivity contribution in [3.8, 4) is 0 Å². The van der Waals surface area contributed by atoms with Crippen molar-refractivity contribution >= 4 is 29.5 Å². The van der Waals surface area contributed by atoms with Gasteiger partial charge in [0, 0.05) is 13.5 Å². The summed E-state index contributed by atoms with van der Waals surface area (Å²) in [5.41, 5.74) is 5.30. The average Bonchev–Trinajstić information content (AvgIpc) is 2.82. The van der Waals surface area contributed by atoms with Crippen LogP contribution in [0.5, 0.6) is 0 Å². The van der Waals surface area contributed by atoms with Gasteiger partial charge in [0.25, 0.3) is 0 Å². The number of likely N-dealkylation sites (tertiary alicyclic amines) is 1. The van der Waals surface area contributed by atoms with E-state index < -0.39 is 18.0 Å². The molecular formula is C12H21N3O3S. The van der Waals surface area contributed by atoms with Crippen molar-refractivity contribution < 1.29 is 14.4 Å². The van der Waals surface area contributed by atoms with Gasteiger partial charge in [0.1, 0.15) is 12.1 Å². The number of primary amides is 1. The third-order valence-electron chi connectivity index (χ3n) is 3.15. The standard InChI is InChI=1S/C12H21N3O3S/c1-8(16)14-9(5-7-19-2)12(18)15-6-3-4-10(15)11(13)17/h9-10H,3-7H2,1-2H3,(H2,13,17)(H,14,16)/t9-,10-/m0/s1. The van der Waals surface area contributed by atoms with Crippen LogP contribution < -0.4 is 11.1 Å². The van der Waals surface area contributed by atoms with Crippen LogP contribution in [0.4, 0.5) is 0 Å². The molecule has 3 amide bonds. The van der Waals surface area contributed by atoms with Gasteiger partial charge in [0.05, 0.1) is 0 Å². The Morgan fingerprint density at radius 3 is 2.68 bits per heavy atom. The van der Waals surface area contributed by atoms with E-state index in [2.05, 4.69) is 5.32 Å². The summed E-state index contributed by atoms with van der Waals surface area (Å²) < 4.78 is 0. The molecule has 2 atom stereocenters. The van der Waals surface area contributed by atoms with E-state index in [1.54, 1.807) is 11.8 Å². The molecule has 0 aromatic heterocycles. The number of hydrogen-bond acceptors (Lipinski definition) is 4. The van der Waals surface area contributed by atoms with Crippen LogP contribution in [0.15, 0.2) is 0 Å². The maximum atomic E-state index is 12.4. The second-order valence-corrected chi connectivity index (χ2v) is 5.61. The third kappa shape index (κ3) is 4.41. The molecule has 1 saturated heterocycles. The molecule has 0 aromatic rings. The molecule has 0 unspecified atom stereocenters. The van der Waals surface area contributed by atoms with Crippen LogP contribution in [-0.2, 0) is 14.4 Å². The number of hydrogen-bond donors (Lipinski definition) is 2. The molecule has 3 N–H and O–H groups in total. The summed E-state index contributed by atoms with van der Waals surface area (Å²) in [4.78, 5) is 36.4. The smallest absolute Gasteiger partial charge is 0.245 e. The first-order valence-electron chi connectivity index (χ1n) is 6.33. The number of nitrogens with zero attached hydrogens (tertiary/aromatic N) is 1. The number of nitrogens with one attached hydrogen (secondary N) is 1. The molecule has 19 heavy (non-hydrogen) atoms. The number of thioether (sulfide) groups is 1. The molecule has 0 aromatic carbocycles. The van der Waals surface area contributed by atoms with Crippen LogP contribution in [0, 0.1) is 0 Å². The zero-order chi connectivity index (χ0) is 14.4. The predicted molar refractivity (Wildman–Crippen MR) is 74.5 cm³/mol. The lowest BCUT2D eigenvalue weighted by molar-refractivity contribution is -0.140. The highest BCUT2D eigenvalue weighted by molar-refractivity contribution is 7.98. The highest BCUT2D eigenvalue weighted by Crippen LogP contribution is 2.19. The zero-order valence-corrected chi connectivity index (χ0v) is 12.2. The van der Waals surface area contributed by atoms with Gasteiger partial charge >= 0.3 is 0 Å². The predicted octanol–water partition coefficient (Wildman–Crippen LogP) is -0.279. The maximum absolute atomic E-state index is 12.4. The summed E-state index contributed by atoms with van der Waals surface area (Å²) in [6.45, 7) is 1.91. The number of amides is 3. The third-order valence-corrected chi connectivity index (χ3v) is 3.79. The molecule has 7 heteroatoms. The number of carbonyl (C=O) groups is 3. The molecule has 1 aliphatic heterocycles. The van der Waals surface area contributed by atoms with E-state index in [0.717, 1.165) is 12.2 Å². The first-order valence-corrected chi connectivity index (χ1v) is 7.72. The highest BCUT2D eigenvalue weighted by Gasteiger charge is 2.36. The van der Waals surface area contributed by atoms with Crippen molar-refractivity contribution in [1.82, 2.24) is 10.2 Å². The zero-order valence-electron chi connectivity index (χ0n) is 11.3. The van der Waals surface area contributed by atoms with Crippen molar-refractivity contribution in [3.05, 3.63) is 0 Å². The monoisotopic (exact) mass is 287 g/mol. The molecule has 1 rings (SSSR count). The van der Waals surface area contributed by atoms with E-state index in [9.17, 15) is 14.4 Å². The van der Waals surface area contributed by atoms with Crippen molar-refractivity contribution in [2.24, 2.45) is 5.73 Å². The van der Waals surface area contributed by atoms with Crippen molar-refractivity contribution in [3.63, 3.8) is 0 Å². The van der Waals surface area contributed by atoms with E-state index >= 15 is 0 Å². The fraction of sp³-hybridized carbons (Fsp3) is 0.750. The quantitative estimate of drug-likeness (QED) is 0.703. The fourth-order valence-electron chi connectivity index (χ4n) is 2.26. The summed E-state index contributed by atoms with van der Waals surface area (Å²) in [5.74, 6) is -0.150. The van der Waals surface area contributed by atoms with Crippen LogP contribution >= 0.6 is 11.8 Å². The minimum absolute atomic E-state index is 0.203. The lowest BCUT2D eigenvalue weighted by Crippen LogP contribution is -2.52. The van der Waals surface area contributed by atoms with Gasteiger partial charge < -0.3 is 16.0 Å². The Bertz CT molecular complexity index is 362. The minimum atomic E-state index is -0.565. The largest absolute Gasteiger partial charge is 0.368 e. The number of carbonyl (C=O) groups excluding carboxylic acids is 3. The van der Waals surface area contributed by atoms with E-state index in [-0.39, 0.29) is 11.8 Å². The van der Waals surface area contributed by atoms with E-state index in [1.807, 2.05) is 6.26 Å². The van der Waals surface area contributed by atoms with Gasteiger partial charge in [-0.2, -0.15) is 11.8 Å². The van der Waals surface area contributed by atoms with E-state index in [4.69, 9.17) is 5.73 Å². The van der Waals surface area contributed by atoms with Crippen LogP contribution in [0.3, 0.4) is 0 Å². The Kier molecular flexibility index (Phi) is 6.14. The second-order valence-electron chi connectivity index (χ2n) is 4.63. The Labute approximate surface area is 117 Å². The molecule has 0 saturated carbocycles. The second kappa shape index (κ2) is 7.37. The van der Waals surface area contributed by atoms with Gasteiger partial charge in [-0.25, -0.2) is 0 Å². The van der Waals surface area contributed by atoms with Gasteiger partial charge in [-0.3, -0.25) is 14.4 Å². The van der Waals surface area contributed by atoms with Gasteiger partial charge in [-0.05, 0) is 31.3 Å². The molecule has 108 valence electrons. The summed E-state index contributed by atoms with van der Waals surface area (Å²) in [6.07, 6.45) is 3.88. The Morgan fingerprint density at radius 2 is 2.16 bits per heavy atom. The summed E-state index contributed by atoms with van der Waals surface area (Å²) in [7, 11) is 0. The molecule has 0 spiro atoms. The molecular weight excluding hydrogens is 266 g/mol. The first kappa shape index (κ1) is 15.8. The Balaban J connectivity index is 2.73. The van der Waals surface area contributed by atoms with Gasteiger partial charge in [0.15, 0.2) is 0 Å². The number of rotatable bonds is 6. The average molecular weight is 287 g/mol. The first-order chi connectivity index (χ1) is 8.97. The van der Waals surface area contributed by atoms with Crippen LogP contribution in [0.25, 0.3) is 0 Å². The van der Waals surface area contributed by atoms with Crippen LogP contribution in [-0.4, -0.2) is 53.3 Å². The minimum Gasteiger partial charge on any atom is -0.368 e. The summed E-state index contributed by atoms with van der Waals surface area (Å²) >= 11 is 1.61. The highest BCUT2D eigenvalue weighted by atomic mass is 32.2. The molecule has 0 aliphatic carbocycles. The molecule has 1 heterocycles. The summed E-state index contributed by atoms with van der Waals surface area (Å²) in [5, 5.41) is 2.66. The van der Waals surface area contributed by atoms with E-state index in [1.165, 1.54) is 11.8 Å². The summed E-state index contributed by atoms with van der Waals surface area (Å²) in [6, 6.07) is -1.09. The molecule has 6 nitrogen and oxygen atoms in total. The molecule has 1 fully saturated rings. The van der Waals surface area contributed by atoms with Gasteiger partial charge in [-0.15, -0.1) is 0 Å². The molecule has 0 radical (unpaired) electrons. The lowest BCUT2D eigenvalue weighted by atomic mass is 10.1. The fourth-order valence-corrected chi connectivity index (χ4v) is 2.74. The van der Waals surface area contributed by atoms with Crippen LogP contribution in [0.1, 0.15) is 26.2 Å². The van der Waals surface area contributed by atoms with Crippen molar-refractivity contribution in [2.75, 3.05) is 18.6 Å². The van der Waals surface area contributed by atoms with Crippen molar-refractivity contribution in [2.45, 2.75) is 38.3 Å². The van der Waals surface area contributed by atoms with Crippen LogP contribution in [0.2, 0.25) is 0 Å². The Morgan fingerprint density at radius 1 is 1.47 bits per heavy atom. The van der Waals surface area contributed by atoms with Gasteiger partial charge in [-0.1, -0.05) is 0 Å². The van der Waals surface area contributed by atoms with Gasteiger partial charge in [0.2, 0.25) is 17.7 Å². The van der Waals surface area contributed by atoms with Crippen molar-refractivity contribution in [1.29, 1.82) is 0 Å². The maximum Gasteiger partial charge on any atom is 0.245 e. The lowest BCUT2D eigenvalue weighted by Gasteiger charge is -2.27. The normalized spacial score (nSPS) is 20.1. The Hall–Kier alpha value is -1.24. The van der Waals surface area contributed by atoms with E-state index in [0.29, 0.717) is 19.4 Å². The SMILES string of the molecule is CSCC[C@H](NC(C)=O)C(=O)N1CCC[C@H]1C(N)=O.